The van der Waals surface area contributed by atoms with Crippen LogP contribution in [0.15, 0.2) is 24.3 Å². The van der Waals surface area contributed by atoms with Crippen LogP contribution < -0.4 is 10.1 Å². The van der Waals surface area contributed by atoms with Crippen molar-refractivity contribution < 1.29 is 24.2 Å². The molecule has 6 heteroatoms. The molecule has 0 saturated heterocycles. The van der Waals surface area contributed by atoms with Gasteiger partial charge in [0.2, 0.25) is 0 Å². The summed E-state index contributed by atoms with van der Waals surface area (Å²) in [5.74, 6) is -0.927. The van der Waals surface area contributed by atoms with Crippen LogP contribution >= 0.6 is 0 Å². The van der Waals surface area contributed by atoms with E-state index in [0.717, 1.165) is 6.42 Å². The first kappa shape index (κ1) is 17.0. The van der Waals surface area contributed by atoms with Gasteiger partial charge >= 0.3 is 5.97 Å². The Bertz CT molecular complexity index is 473. The maximum Gasteiger partial charge on any atom is 0.335 e. The van der Waals surface area contributed by atoms with Gasteiger partial charge in [-0.05, 0) is 38.5 Å². The SMILES string of the molecule is CC(C)OCCCNC(=O)COc1cccc(C(=O)O)c1. The largest absolute Gasteiger partial charge is 0.484 e. The van der Waals surface area contributed by atoms with Gasteiger partial charge < -0.3 is 19.9 Å². The van der Waals surface area contributed by atoms with Gasteiger partial charge in [0.05, 0.1) is 11.7 Å². The molecule has 21 heavy (non-hydrogen) atoms. The molecule has 1 amide bonds. The summed E-state index contributed by atoms with van der Waals surface area (Å²) < 4.78 is 10.6. The minimum absolute atomic E-state index is 0.124. The highest BCUT2D eigenvalue weighted by molar-refractivity contribution is 5.88. The summed E-state index contributed by atoms with van der Waals surface area (Å²) in [6.45, 7) is 4.88. The van der Waals surface area contributed by atoms with E-state index in [9.17, 15) is 9.59 Å². The highest BCUT2D eigenvalue weighted by Gasteiger charge is 2.06. The third kappa shape index (κ3) is 7.31. The second-order valence-corrected chi connectivity index (χ2v) is 4.74. The molecule has 0 aliphatic carbocycles. The number of carboxylic acid groups (broad SMARTS) is 1. The highest BCUT2D eigenvalue weighted by Crippen LogP contribution is 2.12. The monoisotopic (exact) mass is 295 g/mol. The number of hydrogen-bond acceptors (Lipinski definition) is 4. The molecule has 0 bridgehead atoms. The van der Waals surface area contributed by atoms with Crippen LogP contribution in [0.3, 0.4) is 0 Å². The molecular formula is C15H21NO5. The van der Waals surface area contributed by atoms with Crippen molar-refractivity contribution in [2.24, 2.45) is 0 Å². The number of aromatic carboxylic acids is 1. The number of benzene rings is 1. The second kappa shape index (κ2) is 8.97. The second-order valence-electron chi connectivity index (χ2n) is 4.74. The summed E-state index contributed by atoms with van der Waals surface area (Å²) in [5, 5.41) is 11.5. The van der Waals surface area contributed by atoms with E-state index in [1.54, 1.807) is 12.1 Å². The van der Waals surface area contributed by atoms with Gasteiger partial charge in [0.25, 0.3) is 5.91 Å². The van der Waals surface area contributed by atoms with Crippen LogP contribution in [0.1, 0.15) is 30.6 Å². The minimum atomic E-state index is -1.03. The first-order valence-electron chi connectivity index (χ1n) is 6.83. The fourth-order valence-corrected chi connectivity index (χ4v) is 1.54. The molecule has 116 valence electrons. The Morgan fingerprint density at radius 1 is 1.33 bits per heavy atom. The average molecular weight is 295 g/mol. The lowest BCUT2D eigenvalue weighted by Gasteiger charge is -2.09. The molecule has 1 aromatic rings. The topological polar surface area (TPSA) is 84.9 Å². The third-order valence-electron chi connectivity index (χ3n) is 2.55. The van der Waals surface area contributed by atoms with Gasteiger partial charge in [0, 0.05) is 13.2 Å². The third-order valence-corrected chi connectivity index (χ3v) is 2.55. The van der Waals surface area contributed by atoms with Crippen molar-refractivity contribution in [3.8, 4) is 5.75 Å². The fraction of sp³-hybridized carbons (Fsp3) is 0.467. The summed E-state index contributed by atoms with van der Waals surface area (Å²) >= 11 is 0. The number of carbonyl (C=O) groups excluding carboxylic acids is 1. The van der Waals surface area contributed by atoms with E-state index in [4.69, 9.17) is 14.6 Å². The van der Waals surface area contributed by atoms with Crippen molar-refractivity contribution in [1.82, 2.24) is 5.32 Å². The zero-order valence-corrected chi connectivity index (χ0v) is 12.3. The van der Waals surface area contributed by atoms with E-state index < -0.39 is 5.97 Å². The zero-order chi connectivity index (χ0) is 15.7. The first-order valence-corrected chi connectivity index (χ1v) is 6.83. The van der Waals surface area contributed by atoms with Gasteiger partial charge in [-0.1, -0.05) is 6.07 Å². The Kier molecular flexibility index (Phi) is 7.25. The predicted molar refractivity (Wildman–Crippen MR) is 77.6 cm³/mol. The summed E-state index contributed by atoms with van der Waals surface area (Å²) in [6.07, 6.45) is 0.920. The summed E-state index contributed by atoms with van der Waals surface area (Å²) in [7, 11) is 0. The molecule has 2 N–H and O–H groups in total. The maximum absolute atomic E-state index is 11.5. The van der Waals surface area contributed by atoms with E-state index in [1.807, 2.05) is 13.8 Å². The molecular weight excluding hydrogens is 274 g/mol. The lowest BCUT2D eigenvalue weighted by Crippen LogP contribution is -2.30. The van der Waals surface area contributed by atoms with E-state index in [-0.39, 0.29) is 24.2 Å². The molecule has 0 saturated carbocycles. The minimum Gasteiger partial charge on any atom is -0.484 e. The first-order chi connectivity index (χ1) is 9.99. The summed E-state index contributed by atoms with van der Waals surface area (Å²) in [4.78, 5) is 22.3. The van der Waals surface area contributed by atoms with Crippen molar-refractivity contribution in [1.29, 1.82) is 0 Å². The maximum atomic E-state index is 11.5. The highest BCUT2D eigenvalue weighted by atomic mass is 16.5. The van der Waals surface area contributed by atoms with Crippen molar-refractivity contribution >= 4 is 11.9 Å². The number of amides is 1. The van der Waals surface area contributed by atoms with E-state index in [0.29, 0.717) is 18.9 Å². The molecule has 1 rings (SSSR count). The van der Waals surface area contributed by atoms with E-state index >= 15 is 0 Å². The quantitative estimate of drug-likeness (QED) is 0.677. The van der Waals surface area contributed by atoms with Crippen molar-refractivity contribution in [3.63, 3.8) is 0 Å². The van der Waals surface area contributed by atoms with Crippen molar-refractivity contribution in [2.45, 2.75) is 26.4 Å². The molecule has 0 heterocycles. The van der Waals surface area contributed by atoms with Crippen LogP contribution in [0.2, 0.25) is 0 Å². The van der Waals surface area contributed by atoms with Crippen LogP contribution in [0.4, 0.5) is 0 Å². The lowest BCUT2D eigenvalue weighted by atomic mass is 10.2. The Morgan fingerprint density at radius 3 is 2.76 bits per heavy atom. The summed E-state index contributed by atoms with van der Waals surface area (Å²) in [5.41, 5.74) is 0.124. The number of nitrogens with one attached hydrogen (secondary N) is 1. The zero-order valence-electron chi connectivity index (χ0n) is 12.3. The molecule has 1 aromatic carbocycles. The molecule has 0 aliphatic heterocycles. The fourth-order valence-electron chi connectivity index (χ4n) is 1.54. The molecule has 0 aromatic heterocycles. The van der Waals surface area contributed by atoms with Crippen molar-refractivity contribution in [2.75, 3.05) is 19.8 Å². The van der Waals surface area contributed by atoms with Gasteiger partial charge in [0.15, 0.2) is 6.61 Å². The summed E-state index contributed by atoms with van der Waals surface area (Å²) in [6, 6.07) is 6.02. The number of carboxylic acids is 1. The van der Waals surface area contributed by atoms with Crippen LogP contribution in [0.5, 0.6) is 5.75 Å². The Labute approximate surface area is 124 Å². The van der Waals surface area contributed by atoms with Gasteiger partial charge in [-0.25, -0.2) is 4.79 Å². The van der Waals surface area contributed by atoms with Crippen LogP contribution in [0, 0.1) is 0 Å². The molecule has 0 fully saturated rings. The molecule has 0 radical (unpaired) electrons. The predicted octanol–water partition coefficient (Wildman–Crippen LogP) is 1.69. The Balaban J connectivity index is 2.24. The smallest absolute Gasteiger partial charge is 0.335 e. The molecule has 0 atom stereocenters. The number of carbonyl (C=O) groups is 2. The van der Waals surface area contributed by atoms with Crippen LogP contribution in [-0.4, -0.2) is 42.8 Å². The lowest BCUT2D eigenvalue weighted by molar-refractivity contribution is -0.123. The number of ether oxygens (including phenoxy) is 2. The van der Waals surface area contributed by atoms with E-state index in [2.05, 4.69) is 5.32 Å². The van der Waals surface area contributed by atoms with Gasteiger partial charge in [-0.3, -0.25) is 4.79 Å². The Hall–Kier alpha value is -2.08. The van der Waals surface area contributed by atoms with Gasteiger partial charge in [-0.2, -0.15) is 0 Å². The van der Waals surface area contributed by atoms with Crippen molar-refractivity contribution in [3.05, 3.63) is 29.8 Å². The average Bonchev–Trinajstić information content (AvgIpc) is 2.44. The molecule has 0 spiro atoms. The van der Waals surface area contributed by atoms with Gasteiger partial charge in [-0.15, -0.1) is 0 Å². The number of hydrogen-bond donors (Lipinski definition) is 2. The molecule has 6 nitrogen and oxygen atoms in total. The van der Waals surface area contributed by atoms with Crippen LogP contribution in [-0.2, 0) is 9.53 Å². The van der Waals surface area contributed by atoms with E-state index in [1.165, 1.54) is 12.1 Å². The molecule has 0 aliphatic rings. The normalized spacial score (nSPS) is 10.4. The standard InChI is InChI=1S/C15H21NO5/c1-11(2)20-8-4-7-16-14(17)10-21-13-6-3-5-12(9-13)15(18)19/h3,5-6,9,11H,4,7-8,10H2,1-2H3,(H,16,17)(H,18,19). The Morgan fingerprint density at radius 2 is 2.10 bits per heavy atom. The molecule has 0 unspecified atom stereocenters. The van der Waals surface area contributed by atoms with Crippen LogP contribution in [0.25, 0.3) is 0 Å². The van der Waals surface area contributed by atoms with Gasteiger partial charge in [0.1, 0.15) is 5.75 Å². The number of rotatable bonds is 9.